The number of thioether (sulfide) groups is 1. The minimum absolute atomic E-state index is 0.0867. The zero-order valence-corrected chi connectivity index (χ0v) is 19.2. The maximum absolute atomic E-state index is 13.3. The lowest BCUT2D eigenvalue weighted by Crippen LogP contribution is -2.28. The van der Waals surface area contributed by atoms with E-state index in [0.717, 1.165) is 28.1 Å². The van der Waals surface area contributed by atoms with E-state index in [0.29, 0.717) is 17.2 Å². The van der Waals surface area contributed by atoms with Gasteiger partial charge in [-0.05, 0) is 54.4 Å². The Morgan fingerprint density at radius 2 is 1.85 bits per heavy atom. The van der Waals surface area contributed by atoms with Crippen LogP contribution in [0.4, 0.5) is 0 Å². The highest BCUT2D eigenvalue weighted by atomic mass is 32.2. The maximum atomic E-state index is 13.3. The molecule has 2 heterocycles. The third-order valence-corrected chi connectivity index (χ3v) is 6.46. The molecular weight excluding hydrogens is 434 g/mol. The smallest absolute Gasteiger partial charge is 0.257 e. The molecule has 0 fully saturated rings. The number of aromatic nitrogens is 1. The molecule has 3 aromatic carbocycles. The van der Waals surface area contributed by atoms with Gasteiger partial charge in [0.25, 0.3) is 11.1 Å². The van der Waals surface area contributed by atoms with Gasteiger partial charge < -0.3 is 9.15 Å². The molecule has 1 atom stereocenters. The van der Waals surface area contributed by atoms with Gasteiger partial charge in [0, 0.05) is 6.42 Å². The van der Waals surface area contributed by atoms with Crippen molar-refractivity contribution >= 4 is 34.5 Å². The van der Waals surface area contributed by atoms with E-state index in [1.807, 2.05) is 48.5 Å². The Morgan fingerprint density at radius 3 is 2.58 bits per heavy atom. The first-order valence-corrected chi connectivity index (χ1v) is 11.7. The molecule has 1 aliphatic rings. The highest BCUT2D eigenvalue weighted by molar-refractivity contribution is 7.99. The van der Waals surface area contributed by atoms with Crippen molar-refractivity contribution in [2.75, 3.05) is 12.9 Å². The van der Waals surface area contributed by atoms with Crippen LogP contribution in [-0.2, 0) is 4.79 Å². The molecule has 0 saturated heterocycles. The number of aryl methyl sites for hydroxylation is 1. The Kier molecular flexibility index (Phi) is 5.88. The number of nitrogens with zero attached hydrogens (tertiary/aromatic N) is 3. The number of fused-ring (bicyclic) bond motifs is 1. The van der Waals surface area contributed by atoms with E-state index in [2.05, 4.69) is 36.2 Å². The normalized spacial score (nSPS) is 15.6. The second-order valence-corrected chi connectivity index (χ2v) is 8.81. The third-order valence-electron chi connectivity index (χ3n) is 5.64. The first-order chi connectivity index (χ1) is 16.1. The number of amides is 1. The standard InChI is InChI=1S/C26H23N3O3S/c1-17-7-9-19(10-8-17)23-15-22(18-11-13-20(31-2)14-12-18)28-29(23)25(30)16-33-26-27-21-5-3-4-6-24(21)32-26/h3-14,23H,15-16H2,1-2H3. The lowest BCUT2D eigenvalue weighted by Gasteiger charge is -2.21. The molecule has 0 saturated carbocycles. The molecule has 1 unspecified atom stereocenters. The largest absolute Gasteiger partial charge is 0.497 e. The highest BCUT2D eigenvalue weighted by Gasteiger charge is 2.33. The predicted octanol–water partition coefficient (Wildman–Crippen LogP) is 5.61. The Morgan fingerprint density at radius 1 is 1.09 bits per heavy atom. The van der Waals surface area contributed by atoms with Crippen molar-refractivity contribution in [2.45, 2.75) is 24.6 Å². The second kappa shape index (κ2) is 9.11. The number of ether oxygens (including phenoxy) is 1. The van der Waals surface area contributed by atoms with Crippen molar-refractivity contribution in [3.8, 4) is 5.75 Å². The topological polar surface area (TPSA) is 67.9 Å². The summed E-state index contributed by atoms with van der Waals surface area (Å²) in [6.45, 7) is 2.05. The van der Waals surface area contributed by atoms with Crippen LogP contribution in [0.15, 0.2) is 87.5 Å². The molecule has 6 nitrogen and oxygen atoms in total. The van der Waals surface area contributed by atoms with E-state index in [9.17, 15) is 4.79 Å². The van der Waals surface area contributed by atoms with Crippen LogP contribution < -0.4 is 4.74 Å². The lowest BCUT2D eigenvalue weighted by molar-refractivity contribution is -0.130. The summed E-state index contributed by atoms with van der Waals surface area (Å²) in [5, 5.41) is 6.84. The van der Waals surface area contributed by atoms with E-state index in [4.69, 9.17) is 14.3 Å². The van der Waals surface area contributed by atoms with Crippen molar-refractivity contribution in [1.29, 1.82) is 0 Å². The lowest BCUT2D eigenvalue weighted by atomic mass is 9.97. The summed E-state index contributed by atoms with van der Waals surface area (Å²) in [7, 11) is 1.64. The van der Waals surface area contributed by atoms with Crippen LogP contribution in [0.2, 0.25) is 0 Å². The van der Waals surface area contributed by atoms with Gasteiger partial charge in [-0.2, -0.15) is 5.10 Å². The van der Waals surface area contributed by atoms with Gasteiger partial charge in [0.15, 0.2) is 5.58 Å². The van der Waals surface area contributed by atoms with Crippen LogP contribution in [0.3, 0.4) is 0 Å². The minimum Gasteiger partial charge on any atom is -0.497 e. The van der Waals surface area contributed by atoms with Crippen LogP contribution in [0, 0.1) is 6.92 Å². The van der Waals surface area contributed by atoms with Crippen molar-refractivity contribution in [3.63, 3.8) is 0 Å². The average molecular weight is 458 g/mol. The summed E-state index contributed by atoms with van der Waals surface area (Å²) < 4.78 is 11.0. The van der Waals surface area contributed by atoms with Crippen molar-refractivity contribution in [1.82, 2.24) is 9.99 Å². The maximum Gasteiger partial charge on any atom is 0.257 e. The SMILES string of the molecule is COc1ccc(C2=NN(C(=O)CSc3nc4ccccc4o3)C(c3ccc(C)cc3)C2)cc1. The van der Waals surface area contributed by atoms with Gasteiger partial charge in [0.2, 0.25) is 0 Å². The molecule has 166 valence electrons. The summed E-state index contributed by atoms with van der Waals surface area (Å²) in [4.78, 5) is 17.7. The van der Waals surface area contributed by atoms with Gasteiger partial charge in [-0.15, -0.1) is 0 Å². The van der Waals surface area contributed by atoms with Gasteiger partial charge >= 0.3 is 0 Å². The summed E-state index contributed by atoms with van der Waals surface area (Å²) in [5.74, 6) is 0.889. The predicted molar refractivity (Wildman–Crippen MR) is 130 cm³/mol. The number of carbonyl (C=O) groups is 1. The number of benzene rings is 3. The Bertz CT molecular complexity index is 1280. The van der Waals surface area contributed by atoms with Gasteiger partial charge in [0.05, 0.1) is 24.6 Å². The van der Waals surface area contributed by atoms with E-state index < -0.39 is 0 Å². The fourth-order valence-electron chi connectivity index (χ4n) is 3.85. The molecular formula is C26H23N3O3S. The van der Waals surface area contributed by atoms with Crippen molar-refractivity contribution in [3.05, 3.63) is 89.5 Å². The number of para-hydroxylation sites is 2. The molecule has 5 rings (SSSR count). The molecule has 1 amide bonds. The molecule has 0 aliphatic carbocycles. The summed E-state index contributed by atoms with van der Waals surface area (Å²) >= 11 is 1.29. The van der Waals surface area contributed by atoms with Crippen molar-refractivity contribution < 1.29 is 13.9 Å². The number of hydrazone groups is 1. The summed E-state index contributed by atoms with van der Waals surface area (Å²) in [5.41, 5.74) is 5.60. The number of hydrogen-bond acceptors (Lipinski definition) is 6. The van der Waals surface area contributed by atoms with Crippen LogP contribution in [0.1, 0.15) is 29.2 Å². The Labute approximate surface area is 196 Å². The monoisotopic (exact) mass is 457 g/mol. The van der Waals surface area contributed by atoms with Crippen LogP contribution in [0.25, 0.3) is 11.1 Å². The number of methoxy groups -OCH3 is 1. The molecule has 1 aliphatic heterocycles. The van der Waals surface area contributed by atoms with Gasteiger partial charge in [0.1, 0.15) is 11.3 Å². The van der Waals surface area contributed by atoms with E-state index in [1.54, 1.807) is 12.1 Å². The fourth-order valence-corrected chi connectivity index (χ4v) is 4.54. The van der Waals surface area contributed by atoms with Crippen molar-refractivity contribution in [2.24, 2.45) is 5.10 Å². The first kappa shape index (κ1) is 21.3. The minimum atomic E-state index is -0.153. The molecule has 0 N–H and O–H groups in total. The Balaban J connectivity index is 1.38. The van der Waals surface area contributed by atoms with Gasteiger partial charge in [-0.25, -0.2) is 9.99 Å². The molecule has 0 spiro atoms. The average Bonchev–Trinajstić information content (AvgIpc) is 3.48. The third kappa shape index (κ3) is 4.50. The first-order valence-electron chi connectivity index (χ1n) is 10.7. The molecule has 1 aromatic heterocycles. The zero-order valence-electron chi connectivity index (χ0n) is 18.4. The van der Waals surface area contributed by atoms with Gasteiger partial charge in [-0.3, -0.25) is 4.79 Å². The van der Waals surface area contributed by atoms with E-state index in [1.165, 1.54) is 17.3 Å². The molecule has 7 heteroatoms. The molecule has 0 bridgehead atoms. The number of oxazole rings is 1. The summed E-state index contributed by atoms with van der Waals surface area (Å²) in [6, 6.07) is 23.5. The molecule has 0 radical (unpaired) electrons. The highest BCUT2D eigenvalue weighted by Crippen LogP contribution is 2.34. The van der Waals surface area contributed by atoms with Gasteiger partial charge in [-0.1, -0.05) is 53.7 Å². The second-order valence-electron chi connectivity index (χ2n) is 7.88. The molecule has 4 aromatic rings. The number of hydrogen-bond donors (Lipinski definition) is 0. The number of rotatable bonds is 6. The van der Waals surface area contributed by atoms with E-state index >= 15 is 0 Å². The molecule has 33 heavy (non-hydrogen) atoms. The van der Waals surface area contributed by atoms with Crippen LogP contribution in [-0.4, -0.2) is 34.5 Å². The Hall–Kier alpha value is -3.58. The van der Waals surface area contributed by atoms with E-state index in [-0.39, 0.29) is 17.7 Å². The van der Waals surface area contributed by atoms with Crippen LogP contribution >= 0.6 is 11.8 Å². The zero-order chi connectivity index (χ0) is 22.8. The van der Waals surface area contributed by atoms with Crippen LogP contribution in [0.5, 0.6) is 5.75 Å². The quantitative estimate of drug-likeness (QED) is 0.352. The summed E-state index contributed by atoms with van der Waals surface area (Å²) in [6.07, 6.45) is 0.648. The fraction of sp³-hybridized carbons (Fsp3) is 0.192. The number of carbonyl (C=O) groups excluding carboxylic acids is 1.